The van der Waals surface area contributed by atoms with Crippen LogP contribution in [0.15, 0.2) is 23.8 Å². The molecule has 10 atom stereocenters. The Hall–Kier alpha value is -1.86. The van der Waals surface area contributed by atoms with Crippen molar-refractivity contribution in [2.75, 3.05) is 13.2 Å². The zero-order chi connectivity index (χ0) is 30.0. The van der Waals surface area contributed by atoms with Gasteiger partial charge in [-0.25, -0.2) is 0 Å². The third-order valence-corrected chi connectivity index (χ3v) is 9.56. The Morgan fingerprint density at radius 2 is 1.80 bits per heavy atom. The van der Waals surface area contributed by atoms with E-state index in [-0.39, 0.29) is 23.9 Å². The molecule has 11 nitrogen and oxygen atoms in total. The Bertz CT molecular complexity index is 960. The maximum absolute atomic E-state index is 11.5. The summed E-state index contributed by atoms with van der Waals surface area (Å²) in [5.41, 5.74) is 1.13. The highest BCUT2D eigenvalue weighted by molar-refractivity contribution is 5.90. The molecule has 0 aromatic heterocycles. The lowest BCUT2D eigenvalue weighted by Gasteiger charge is -2.61. The second-order valence-electron chi connectivity index (χ2n) is 12.5. The van der Waals surface area contributed by atoms with Gasteiger partial charge in [0.1, 0.15) is 37.4 Å². The van der Waals surface area contributed by atoms with Crippen molar-refractivity contribution in [1.29, 1.82) is 0 Å². The van der Waals surface area contributed by atoms with Crippen molar-refractivity contribution in [2.24, 2.45) is 22.7 Å². The van der Waals surface area contributed by atoms with Crippen LogP contribution in [-0.2, 0) is 23.8 Å². The van der Waals surface area contributed by atoms with Crippen LogP contribution in [0.2, 0.25) is 0 Å². The maximum Gasteiger partial charge on any atom is 0.317 e. The number of carbonyl (C=O) groups excluding carboxylic acids is 1. The molecule has 3 aliphatic rings. The van der Waals surface area contributed by atoms with E-state index in [0.29, 0.717) is 25.7 Å². The number of aliphatic carboxylic acids is 1. The molecule has 3 fully saturated rings. The minimum Gasteiger partial charge on any atom is -0.481 e. The van der Waals surface area contributed by atoms with Gasteiger partial charge in [0.25, 0.3) is 0 Å². The predicted molar refractivity (Wildman–Crippen MR) is 143 cm³/mol. The molecule has 6 N–H and O–H groups in total. The van der Waals surface area contributed by atoms with Crippen LogP contribution in [-0.4, -0.2) is 98.7 Å². The molecule has 0 bridgehead atoms. The summed E-state index contributed by atoms with van der Waals surface area (Å²) in [5, 5.41) is 60.2. The molecule has 11 heteroatoms. The zero-order valence-corrected chi connectivity index (χ0v) is 23.9. The fourth-order valence-electron chi connectivity index (χ4n) is 7.00. The number of ether oxygens (including phenoxy) is 3. The number of rotatable bonds is 10. The van der Waals surface area contributed by atoms with E-state index in [1.54, 1.807) is 6.08 Å². The van der Waals surface area contributed by atoms with Crippen molar-refractivity contribution in [1.82, 2.24) is 0 Å². The monoisotopic (exact) mass is 570 g/mol. The average molecular weight is 571 g/mol. The van der Waals surface area contributed by atoms with Gasteiger partial charge in [-0.3, -0.25) is 9.59 Å². The quantitative estimate of drug-likeness (QED) is 0.0963. The molecule has 2 saturated carbocycles. The number of aliphatic hydroxyl groups is 5. The summed E-state index contributed by atoms with van der Waals surface area (Å²) >= 11 is 0. The number of hydrogen-bond acceptors (Lipinski definition) is 10. The van der Waals surface area contributed by atoms with E-state index in [1.165, 1.54) is 0 Å². The number of carboxylic acids is 1. The van der Waals surface area contributed by atoms with Gasteiger partial charge in [-0.05, 0) is 73.3 Å². The van der Waals surface area contributed by atoms with E-state index in [4.69, 9.17) is 19.3 Å². The molecule has 0 radical (unpaired) electrons. The second-order valence-corrected chi connectivity index (χ2v) is 12.5. The molecule has 1 heterocycles. The third kappa shape index (κ3) is 6.78. The first-order valence-corrected chi connectivity index (χ1v) is 14.0. The molecule has 2 aliphatic carbocycles. The summed E-state index contributed by atoms with van der Waals surface area (Å²) < 4.78 is 16.8. The molecule has 0 unspecified atom stereocenters. The van der Waals surface area contributed by atoms with Crippen molar-refractivity contribution in [3.8, 4) is 0 Å². The Balaban J connectivity index is 1.79. The van der Waals surface area contributed by atoms with E-state index in [0.717, 1.165) is 17.6 Å². The lowest BCUT2D eigenvalue weighted by Crippen LogP contribution is -2.61. The van der Waals surface area contributed by atoms with Crippen molar-refractivity contribution >= 4 is 11.9 Å². The summed E-state index contributed by atoms with van der Waals surface area (Å²) in [6.07, 6.45) is -3.68. The van der Waals surface area contributed by atoms with E-state index >= 15 is 0 Å². The molecule has 3 rings (SSSR count). The van der Waals surface area contributed by atoms with Crippen LogP contribution in [0.5, 0.6) is 0 Å². The fourth-order valence-corrected chi connectivity index (χ4v) is 7.00. The molecule has 228 valence electrons. The number of carbonyl (C=O) groups is 2. The van der Waals surface area contributed by atoms with E-state index < -0.39 is 73.3 Å². The molecular weight excluding hydrogens is 524 g/mol. The SMILES string of the molecule is C=C1[C@@H](O[C@H]2O[C@@H](CO)[C@@H](O)[C@@H](O)[C@H]2O)C[C@H]2C(C)(C)[C@@H](O)CC[C@]2(C)[C@H]1CC/C(C)=C\COC(=O)CC(=O)O. The van der Waals surface area contributed by atoms with Gasteiger partial charge in [0, 0.05) is 0 Å². The summed E-state index contributed by atoms with van der Waals surface area (Å²) in [6.45, 7) is 12.0. The van der Waals surface area contributed by atoms with Gasteiger partial charge in [0.05, 0.1) is 18.8 Å². The van der Waals surface area contributed by atoms with Gasteiger partial charge in [-0.2, -0.15) is 0 Å². The van der Waals surface area contributed by atoms with Crippen LogP contribution in [0, 0.1) is 22.7 Å². The number of fused-ring (bicyclic) bond motifs is 1. The van der Waals surface area contributed by atoms with E-state index in [1.807, 2.05) is 20.8 Å². The normalized spacial score (nSPS) is 39.9. The molecule has 0 aromatic rings. The molecule has 0 spiro atoms. The number of aliphatic hydroxyl groups excluding tert-OH is 5. The molecule has 40 heavy (non-hydrogen) atoms. The van der Waals surface area contributed by atoms with Crippen molar-refractivity contribution in [3.63, 3.8) is 0 Å². The topological polar surface area (TPSA) is 183 Å². The van der Waals surface area contributed by atoms with Crippen LogP contribution < -0.4 is 0 Å². The number of allylic oxidation sites excluding steroid dienone is 1. The van der Waals surface area contributed by atoms with E-state index in [9.17, 15) is 35.1 Å². The van der Waals surface area contributed by atoms with Gasteiger partial charge in [0.2, 0.25) is 0 Å². The van der Waals surface area contributed by atoms with Crippen LogP contribution in [0.3, 0.4) is 0 Å². The molecule has 1 saturated heterocycles. The van der Waals surface area contributed by atoms with Crippen LogP contribution in [0.1, 0.15) is 66.2 Å². The number of carboxylic acid groups (broad SMARTS) is 1. The third-order valence-electron chi connectivity index (χ3n) is 9.56. The average Bonchev–Trinajstić information content (AvgIpc) is 2.87. The van der Waals surface area contributed by atoms with Crippen LogP contribution in [0.25, 0.3) is 0 Å². The standard InChI is InChI=1S/C29H46O11/c1-15(9-11-38-23(34)13-22(32)33)6-7-17-16(2)18(12-20-28(3,4)21(31)8-10-29(17,20)5)39-27-26(37)25(36)24(35)19(14-30)40-27/h9,17-21,24-27,30-31,35-37H,2,6-8,10-14H2,1,3-5H3,(H,32,33)/b15-9-/t17-,18-,19-,20-,21-,24+,25+,26+,27-,29+/m0/s1. The molecule has 0 amide bonds. The zero-order valence-electron chi connectivity index (χ0n) is 23.9. The first-order valence-electron chi connectivity index (χ1n) is 14.0. The Morgan fingerprint density at radius 1 is 1.12 bits per heavy atom. The van der Waals surface area contributed by atoms with Crippen molar-refractivity contribution < 1.29 is 54.4 Å². The lowest BCUT2D eigenvalue weighted by atomic mass is 9.46. The van der Waals surface area contributed by atoms with Crippen molar-refractivity contribution in [2.45, 2.75) is 109 Å². The Kier molecular flexibility index (Phi) is 10.6. The highest BCUT2D eigenvalue weighted by Crippen LogP contribution is 2.62. The Morgan fingerprint density at radius 3 is 2.42 bits per heavy atom. The smallest absolute Gasteiger partial charge is 0.317 e. The minimum atomic E-state index is -1.56. The van der Waals surface area contributed by atoms with Gasteiger partial charge < -0.3 is 44.8 Å². The Labute approximate surface area is 235 Å². The van der Waals surface area contributed by atoms with E-state index in [2.05, 4.69) is 13.5 Å². The van der Waals surface area contributed by atoms with Gasteiger partial charge >= 0.3 is 11.9 Å². The predicted octanol–water partition coefficient (Wildman–Crippen LogP) is 1.30. The summed E-state index contributed by atoms with van der Waals surface area (Å²) in [4.78, 5) is 22.2. The molecular formula is C29H46O11. The summed E-state index contributed by atoms with van der Waals surface area (Å²) in [5.74, 6) is -2.06. The summed E-state index contributed by atoms with van der Waals surface area (Å²) in [7, 11) is 0. The van der Waals surface area contributed by atoms with Crippen molar-refractivity contribution in [3.05, 3.63) is 23.8 Å². The number of hydrogen-bond donors (Lipinski definition) is 6. The maximum atomic E-state index is 11.5. The molecule has 1 aliphatic heterocycles. The van der Waals surface area contributed by atoms with Gasteiger partial charge in [-0.1, -0.05) is 32.9 Å². The first-order chi connectivity index (χ1) is 18.6. The first kappa shape index (κ1) is 32.7. The second kappa shape index (κ2) is 13.0. The minimum absolute atomic E-state index is 0.0223. The largest absolute Gasteiger partial charge is 0.481 e. The van der Waals surface area contributed by atoms with Gasteiger partial charge in [-0.15, -0.1) is 0 Å². The van der Waals surface area contributed by atoms with Crippen LogP contribution >= 0.6 is 0 Å². The van der Waals surface area contributed by atoms with Gasteiger partial charge in [0.15, 0.2) is 6.29 Å². The highest BCUT2D eigenvalue weighted by atomic mass is 16.7. The lowest BCUT2D eigenvalue weighted by molar-refractivity contribution is -0.313. The molecule has 0 aromatic carbocycles. The summed E-state index contributed by atoms with van der Waals surface area (Å²) in [6, 6.07) is 0. The highest BCUT2D eigenvalue weighted by Gasteiger charge is 2.58. The number of esters is 1. The fraction of sp³-hybridized carbons (Fsp3) is 0.793. The van der Waals surface area contributed by atoms with Crippen LogP contribution in [0.4, 0.5) is 0 Å².